The number of benzene rings is 1. The van der Waals surface area contributed by atoms with Crippen molar-refractivity contribution in [3.05, 3.63) is 53.3 Å². The Kier molecular flexibility index (Phi) is 5.68. The van der Waals surface area contributed by atoms with Gasteiger partial charge in [0, 0.05) is 17.8 Å². The Morgan fingerprint density at radius 3 is 2.85 bits per heavy atom. The van der Waals surface area contributed by atoms with Crippen LogP contribution in [-0.4, -0.2) is 27.6 Å². The van der Waals surface area contributed by atoms with Gasteiger partial charge in [-0.15, -0.1) is 0 Å². The number of amides is 1. The molecule has 0 fully saturated rings. The average Bonchev–Trinajstić information content (AvgIpc) is 2.88. The molecule has 0 saturated carbocycles. The first-order valence-corrected chi connectivity index (χ1v) is 7.78. The molecular formula is C15H19N3OS. The van der Waals surface area contributed by atoms with Gasteiger partial charge in [0.25, 0.3) is 0 Å². The van der Waals surface area contributed by atoms with Gasteiger partial charge in [0.2, 0.25) is 5.91 Å². The average molecular weight is 289 g/mol. The third kappa shape index (κ3) is 4.74. The van der Waals surface area contributed by atoms with Crippen molar-refractivity contribution < 1.29 is 4.79 Å². The highest BCUT2D eigenvalue weighted by atomic mass is 32.2. The molecule has 0 bridgehead atoms. The zero-order valence-electron chi connectivity index (χ0n) is 11.6. The molecule has 20 heavy (non-hydrogen) atoms. The summed E-state index contributed by atoms with van der Waals surface area (Å²) < 4.78 is 0. The molecule has 4 nitrogen and oxygen atoms in total. The van der Waals surface area contributed by atoms with Gasteiger partial charge in [-0.25, -0.2) is 0 Å². The van der Waals surface area contributed by atoms with Crippen molar-refractivity contribution in [2.24, 2.45) is 0 Å². The summed E-state index contributed by atoms with van der Waals surface area (Å²) in [5, 5.41) is 9.69. The molecule has 1 amide bonds. The van der Waals surface area contributed by atoms with E-state index in [1.54, 1.807) is 18.0 Å². The lowest BCUT2D eigenvalue weighted by Gasteiger charge is -2.05. The monoisotopic (exact) mass is 289 g/mol. The van der Waals surface area contributed by atoms with Crippen molar-refractivity contribution in [1.82, 2.24) is 15.5 Å². The maximum absolute atomic E-state index is 11.7. The molecule has 0 atom stereocenters. The number of aromatic nitrogens is 2. The predicted molar refractivity (Wildman–Crippen MR) is 82.6 cm³/mol. The molecule has 2 aromatic rings. The topological polar surface area (TPSA) is 57.8 Å². The quantitative estimate of drug-likeness (QED) is 0.769. The number of hydrogen-bond acceptors (Lipinski definition) is 3. The molecule has 0 unspecified atom stereocenters. The zero-order valence-corrected chi connectivity index (χ0v) is 12.4. The van der Waals surface area contributed by atoms with Crippen LogP contribution in [0.25, 0.3) is 0 Å². The second-order valence-corrected chi connectivity index (χ2v) is 5.69. The fourth-order valence-corrected chi connectivity index (χ4v) is 2.61. The minimum absolute atomic E-state index is 0.0728. The van der Waals surface area contributed by atoms with Crippen LogP contribution in [0.3, 0.4) is 0 Å². The van der Waals surface area contributed by atoms with Crippen LogP contribution in [0.1, 0.15) is 16.8 Å². The summed E-state index contributed by atoms with van der Waals surface area (Å²) in [5.74, 6) is 1.54. The number of H-pyrrole nitrogens is 1. The van der Waals surface area contributed by atoms with Crippen molar-refractivity contribution in [3.63, 3.8) is 0 Å². The lowest BCUT2D eigenvalue weighted by molar-refractivity contribution is -0.118. The van der Waals surface area contributed by atoms with E-state index in [1.165, 1.54) is 5.56 Å². The van der Waals surface area contributed by atoms with Crippen molar-refractivity contribution in [3.8, 4) is 0 Å². The molecule has 1 heterocycles. The van der Waals surface area contributed by atoms with Crippen LogP contribution >= 0.6 is 11.8 Å². The molecule has 0 spiro atoms. The highest BCUT2D eigenvalue weighted by molar-refractivity contribution is 7.99. The van der Waals surface area contributed by atoms with Gasteiger partial charge in [0.1, 0.15) is 0 Å². The smallest absolute Gasteiger partial charge is 0.230 e. The van der Waals surface area contributed by atoms with E-state index in [1.807, 2.05) is 25.1 Å². The van der Waals surface area contributed by atoms with E-state index in [0.717, 1.165) is 23.4 Å². The standard InChI is InChI=1S/C15H19N3OS/c1-12-14(10-17-18-12)9-16-15(19)11-20-8-7-13-5-3-2-4-6-13/h2-6,10H,7-9,11H2,1H3,(H,16,19)(H,17,18). The van der Waals surface area contributed by atoms with Gasteiger partial charge in [0.15, 0.2) is 0 Å². The van der Waals surface area contributed by atoms with Crippen LogP contribution in [0, 0.1) is 6.92 Å². The van der Waals surface area contributed by atoms with Crippen molar-refractivity contribution in [1.29, 1.82) is 0 Å². The summed E-state index contributed by atoms with van der Waals surface area (Å²) in [6.45, 7) is 2.49. The second kappa shape index (κ2) is 7.75. The third-order valence-electron chi connectivity index (χ3n) is 3.02. The Balaban J connectivity index is 1.60. The Bertz CT molecular complexity index is 539. The minimum atomic E-state index is 0.0728. The second-order valence-electron chi connectivity index (χ2n) is 4.59. The van der Waals surface area contributed by atoms with Gasteiger partial charge in [-0.1, -0.05) is 30.3 Å². The number of rotatable bonds is 7. The number of aryl methyl sites for hydroxylation is 2. The number of carbonyl (C=O) groups excluding carboxylic acids is 1. The van der Waals surface area contributed by atoms with Crippen molar-refractivity contribution in [2.75, 3.05) is 11.5 Å². The molecule has 0 aliphatic carbocycles. The van der Waals surface area contributed by atoms with E-state index < -0.39 is 0 Å². The van der Waals surface area contributed by atoms with E-state index in [-0.39, 0.29) is 5.91 Å². The predicted octanol–water partition coefficient (Wildman–Crippen LogP) is 2.31. The van der Waals surface area contributed by atoms with E-state index >= 15 is 0 Å². The number of carbonyl (C=O) groups is 1. The SMILES string of the molecule is Cc1[nH]ncc1CNC(=O)CSCCc1ccccc1. The summed E-state index contributed by atoms with van der Waals surface area (Å²) in [7, 11) is 0. The zero-order chi connectivity index (χ0) is 14.2. The fraction of sp³-hybridized carbons (Fsp3) is 0.333. The van der Waals surface area contributed by atoms with E-state index in [4.69, 9.17) is 0 Å². The first kappa shape index (κ1) is 14.7. The summed E-state index contributed by atoms with van der Waals surface area (Å²) in [6.07, 6.45) is 2.75. The lowest BCUT2D eigenvalue weighted by Crippen LogP contribution is -2.24. The van der Waals surface area contributed by atoms with Crippen LogP contribution in [0.2, 0.25) is 0 Å². The minimum Gasteiger partial charge on any atom is -0.351 e. The summed E-state index contributed by atoms with van der Waals surface area (Å²) in [6, 6.07) is 10.3. The van der Waals surface area contributed by atoms with Crippen molar-refractivity contribution >= 4 is 17.7 Å². The van der Waals surface area contributed by atoms with Gasteiger partial charge in [0.05, 0.1) is 11.9 Å². The molecule has 2 N–H and O–H groups in total. The van der Waals surface area contributed by atoms with Crippen LogP contribution in [-0.2, 0) is 17.8 Å². The molecule has 0 aliphatic rings. The van der Waals surface area contributed by atoms with Gasteiger partial charge >= 0.3 is 0 Å². The van der Waals surface area contributed by atoms with Gasteiger partial charge in [-0.2, -0.15) is 16.9 Å². The molecule has 106 valence electrons. The molecule has 0 aliphatic heterocycles. The summed E-state index contributed by atoms with van der Waals surface area (Å²) in [5.41, 5.74) is 3.35. The molecule has 1 aromatic heterocycles. The van der Waals surface area contributed by atoms with E-state index in [9.17, 15) is 4.79 Å². The van der Waals surface area contributed by atoms with Gasteiger partial charge in [-0.05, 0) is 24.7 Å². The highest BCUT2D eigenvalue weighted by Crippen LogP contribution is 2.07. The van der Waals surface area contributed by atoms with Crippen LogP contribution < -0.4 is 5.32 Å². The lowest BCUT2D eigenvalue weighted by atomic mass is 10.2. The molecule has 5 heteroatoms. The van der Waals surface area contributed by atoms with Gasteiger partial charge < -0.3 is 5.32 Å². The van der Waals surface area contributed by atoms with Gasteiger partial charge in [-0.3, -0.25) is 9.89 Å². The largest absolute Gasteiger partial charge is 0.351 e. The molecule has 0 radical (unpaired) electrons. The molecular weight excluding hydrogens is 270 g/mol. The first-order valence-electron chi connectivity index (χ1n) is 6.63. The Morgan fingerprint density at radius 2 is 2.15 bits per heavy atom. The highest BCUT2D eigenvalue weighted by Gasteiger charge is 2.04. The number of thioether (sulfide) groups is 1. The number of nitrogens with zero attached hydrogens (tertiary/aromatic N) is 1. The number of hydrogen-bond donors (Lipinski definition) is 2. The Hall–Kier alpha value is -1.75. The summed E-state index contributed by atoms with van der Waals surface area (Å²) >= 11 is 1.66. The maximum Gasteiger partial charge on any atom is 0.230 e. The Labute approximate surface area is 123 Å². The Morgan fingerprint density at radius 1 is 1.35 bits per heavy atom. The van der Waals surface area contributed by atoms with E-state index in [2.05, 4.69) is 27.6 Å². The third-order valence-corrected chi connectivity index (χ3v) is 3.98. The molecule has 2 rings (SSSR count). The van der Waals surface area contributed by atoms with Crippen molar-refractivity contribution in [2.45, 2.75) is 19.9 Å². The number of aromatic amines is 1. The van der Waals surface area contributed by atoms with E-state index in [0.29, 0.717) is 12.3 Å². The maximum atomic E-state index is 11.7. The summed E-state index contributed by atoms with van der Waals surface area (Å²) in [4.78, 5) is 11.7. The van der Waals surface area contributed by atoms with Crippen LogP contribution in [0.5, 0.6) is 0 Å². The number of nitrogens with one attached hydrogen (secondary N) is 2. The molecule has 1 aromatic carbocycles. The normalized spacial score (nSPS) is 10.4. The van der Waals surface area contributed by atoms with Crippen LogP contribution in [0.15, 0.2) is 36.5 Å². The fourth-order valence-electron chi connectivity index (χ4n) is 1.80. The molecule has 0 saturated heterocycles. The first-order chi connectivity index (χ1) is 9.75. The van der Waals surface area contributed by atoms with Crippen LogP contribution in [0.4, 0.5) is 0 Å².